The van der Waals surface area contributed by atoms with E-state index in [0.29, 0.717) is 31.5 Å². The van der Waals surface area contributed by atoms with Crippen molar-refractivity contribution in [3.05, 3.63) is 102 Å². The van der Waals surface area contributed by atoms with Gasteiger partial charge in [-0.25, -0.2) is 4.79 Å². The molecule has 0 radical (unpaired) electrons. The lowest BCUT2D eigenvalue weighted by molar-refractivity contribution is -0.131. The van der Waals surface area contributed by atoms with Crippen LogP contribution in [0.1, 0.15) is 57.2 Å². The number of aldehydes is 1. The minimum absolute atomic E-state index is 0.0671. The molecular weight excluding hydrogens is 570 g/mol. The SMILES string of the molecule is CC(C)C[C@H](NC(=O)OCc1ccccc1)C(=O)N[C@@H](CC(C)C)C(=O)N[C@H](C=O)Cc1ccc(OCc2ccccc2)cc1. The van der Waals surface area contributed by atoms with Crippen LogP contribution >= 0.6 is 0 Å². The van der Waals surface area contributed by atoms with E-state index in [1.807, 2.05) is 113 Å². The van der Waals surface area contributed by atoms with Crippen LogP contribution in [0.3, 0.4) is 0 Å². The van der Waals surface area contributed by atoms with Crippen LogP contribution < -0.4 is 20.7 Å². The number of carbonyl (C=O) groups excluding carboxylic acids is 4. The van der Waals surface area contributed by atoms with E-state index in [1.165, 1.54) is 0 Å². The Hall–Kier alpha value is -4.66. The van der Waals surface area contributed by atoms with Crippen LogP contribution in [0.5, 0.6) is 5.75 Å². The van der Waals surface area contributed by atoms with Gasteiger partial charge < -0.3 is 30.2 Å². The van der Waals surface area contributed by atoms with E-state index in [0.717, 1.165) is 16.7 Å². The van der Waals surface area contributed by atoms with Gasteiger partial charge in [0.15, 0.2) is 0 Å². The summed E-state index contributed by atoms with van der Waals surface area (Å²) in [5.74, 6) is -0.0991. The molecule has 9 heteroatoms. The Labute approximate surface area is 266 Å². The molecule has 0 heterocycles. The van der Waals surface area contributed by atoms with Gasteiger partial charge in [0.1, 0.15) is 37.3 Å². The van der Waals surface area contributed by atoms with E-state index in [2.05, 4.69) is 16.0 Å². The van der Waals surface area contributed by atoms with Crippen molar-refractivity contribution in [3.8, 4) is 5.75 Å². The van der Waals surface area contributed by atoms with Crippen molar-refractivity contribution in [2.45, 2.75) is 78.3 Å². The molecule has 9 nitrogen and oxygen atoms in total. The fourth-order valence-electron chi connectivity index (χ4n) is 4.72. The standard InChI is InChI=1S/C36H45N3O6/c1-25(2)19-32(38-35(42)33(20-26(3)4)39-36(43)45-24-29-13-9-6-10-14-29)34(41)37-30(22-40)21-27-15-17-31(18-16-27)44-23-28-11-7-5-8-12-28/h5-18,22,25-26,30,32-33H,19-21,23-24H2,1-4H3,(H,37,41)(H,38,42)(H,39,43)/t30-,32-,33-/m0/s1. The molecule has 0 unspecified atom stereocenters. The van der Waals surface area contributed by atoms with Gasteiger partial charge in [0.05, 0.1) is 6.04 Å². The number of alkyl carbamates (subject to hydrolysis) is 1. The lowest BCUT2D eigenvalue weighted by Gasteiger charge is -2.26. The molecule has 45 heavy (non-hydrogen) atoms. The summed E-state index contributed by atoms with van der Waals surface area (Å²) in [6, 6.07) is 23.9. The van der Waals surface area contributed by atoms with Crippen LogP contribution in [-0.2, 0) is 38.8 Å². The molecule has 0 spiro atoms. The number of rotatable bonds is 17. The van der Waals surface area contributed by atoms with Gasteiger partial charge in [0, 0.05) is 0 Å². The lowest BCUT2D eigenvalue weighted by Crippen LogP contribution is -2.55. The van der Waals surface area contributed by atoms with Crippen LogP contribution in [0.2, 0.25) is 0 Å². The Kier molecular flexibility index (Phi) is 14.1. The Bertz CT molecular complexity index is 1350. The van der Waals surface area contributed by atoms with Gasteiger partial charge in [0.25, 0.3) is 0 Å². The maximum atomic E-state index is 13.4. The van der Waals surface area contributed by atoms with E-state index >= 15 is 0 Å². The topological polar surface area (TPSA) is 123 Å². The summed E-state index contributed by atoms with van der Waals surface area (Å²) >= 11 is 0. The van der Waals surface area contributed by atoms with Gasteiger partial charge in [-0.3, -0.25) is 9.59 Å². The summed E-state index contributed by atoms with van der Waals surface area (Å²) in [5, 5.41) is 8.24. The van der Waals surface area contributed by atoms with Crippen molar-refractivity contribution in [2.75, 3.05) is 0 Å². The largest absolute Gasteiger partial charge is 0.489 e. The van der Waals surface area contributed by atoms with E-state index in [1.54, 1.807) is 0 Å². The summed E-state index contributed by atoms with van der Waals surface area (Å²) in [6.07, 6.45) is 0.953. The van der Waals surface area contributed by atoms with Crippen molar-refractivity contribution in [1.29, 1.82) is 0 Å². The average Bonchev–Trinajstić information content (AvgIpc) is 3.03. The average molecular weight is 616 g/mol. The highest BCUT2D eigenvalue weighted by molar-refractivity contribution is 5.92. The third kappa shape index (κ3) is 12.8. The van der Waals surface area contributed by atoms with E-state index in [9.17, 15) is 19.2 Å². The Morgan fingerprint density at radius 1 is 0.644 bits per heavy atom. The second-order valence-corrected chi connectivity index (χ2v) is 12.0. The number of nitrogens with one attached hydrogen (secondary N) is 3. The third-order valence-electron chi connectivity index (χ3n) is 6.99. The minimum atomic E-state index is -0.903. The van der Waals surface area contributed by atoms with Gasteiger partial charge in [-0.15, -0.1) is 0 Å². The third-order valence-corrected chi connectivity index (χ3v) is 6.99. The first-order valence-corrected chi connectivity index (χ1v) is 15.4. The number of amides is 3. The van der Waals surface area contributed by atoms with Crippen LogP contribution in [-0.4, -0.2) is 42.3 Å². The Balaban J connectivity index is 1.58. The predicted octanol–water partition coefficient (Wildman–Crippen LogP) is 5.36. The summed E-state index contributed by atoms with van der Waals surface area (Å²) < 4.78 is 11.2. The normalized spacial score (nSPS) is 12.9. The van der Waals surface area contributed by atoms with Crippen molar-refractivity contribution < 1.29 is 28.7 Å². The highest BCUT2D eigenvalue weighted by Crippen LogP contribution is 2.16. The summed E-state index contributed by atoms with van der Waals surface area (Å²) in [5.41, 5.74) is 2.73. The Morgan fingerprint density at radius 3 is 1.69 bits per heavy atom. The first-order chi connectivity index (χ1) is 21.6. The van der Waals surface area contributed by atoms with Crippen LogP contribution in [0.25, 0.3) is 0 Å². The van der Waals surface area contributed by atoms with Gasteiger partial charge >= 0.3 is 6.09 Å². The highest BCUT2D eigenvalue weighted by Gasteiger charge is 2.29. The fraction of sp³-hybridized carbons (Fsp3) is 0.389. The van der Waals surface area contributed by atoms with Crippen molar-refractivity contribution >= 4 is 24.2 Å². The van der Waals surface area contributed by atoms with E-state index < -0.39 is 36.0 Å². The first-order valence-electron chi connectivity index (χ1n) is 15.4. The quantitative estimate of drug-likeness (QED) is 0.176. The van der Waals surface area contributed by atoms with Gasteiger partial charge in [-0.2, -0.15) is 0 Å². The smallest absolute Gasteiger partial charge is 0.408 e. The molecule has 3 rings (SSSR count). The molecule has 0 fully saturated rings. The molecule has 3 atom stereocenters. The fourth-order valence-corrected chi connectivity index (χ4v) is 4.72. The first kappa shape index (κ1) is 34.8. The van der Waals surface area contributed by atoms with Crippen LogP contribution in [0.15, 0.2) is 84.9 Å². The molecule has 3 aromatic carbocycles. The molecule has 240 valence electrons. The summed E-state index contributed by atoms with van der Waals surface area (Å²) in [4.78, 5) is 51.2. The maximum absolute atomic E-state index is 13.4. The number of hydrogen-bond acceptors (Lipinski definition) is 6. The van der Waals surface area contributed by atoms with Gasteiger partial charge in [0.2, 0.25) is 11.8 Å². The molecule has 0 aliphatic carbocycles. The van der Waals surface area contributed by atoms with Crippen molar-refractivity contribution in [3.63, 3.8) is 0 Å². The van der Waals surface area contributed by atoms with Gasteiger partial charge in [-0.05, 0) is 59.9 Å². The number of ether oxygens (including phenoxy) is 2. The molecule has 0 bridgehead atoms. The molecule has 0 saturated carbocycles. The maximum Gasteiger partial charge on any atom is 0.408 e. The van der Waals surface area contributed by atoms with E-state index in [4.69, 9.17) is 9.47 Å². The van der Waals surface area contributed by atoms with Gasteiger partial charge in [-0.1, -0.05) is 100 Å². The number of carbonyl (C=O) groups is 4. The van der Waals surface area contributed by atoms with Crippen molar-refractivity contribution in [1.82, 2.24) is 16.0 Å². The summed E-state index contributed by atoms with van der Waals surface area (Å²) in [7, 11) is 0. The lowest BCUT2D eigenvalue weighted by atomic mass is 9.99. The highest BCUT2D eigenvalue weighted by atomic mass is 16.5. The predicted molar refractivity (Wildman–Crippen MR) is 173 cm³/mol. The van der Waals surface area contributed by atoms with Crippen molar-refractivity contribution in [2.24, 2.45) is 11.8 Å². The molecule has 0 saturated heterocycles. The zero-order valence-corrected chi connectivity index (χ0v) is 26.5. The number of hydrogen-bond donors (Lipinski definition) is 3. The molecule has 0 aromatic heterocycles. The molecule has 3 N–H and O–H groups in total. The molecule has 3 amide bonds. The summed E-state index contributed by atoms with van der Waals surface area (Å²) in [6.45, 7) is 8.26. The zero-order valence-electron chi connectivity index (χ0n) is 26.5. The van der Waals surface area contributed by atoms with E-state index in [-0.39, 0.29) is 24.9 Å². The Morgan fingerprint density at radius 2 is 1.16 bits per heavy atom. The molecule has 0 aliphatic rings. The second-order valence-electron chi connectivity index (χ2n) is 12.0. The van der Waals surface area contributed by atoms with Crippen LogP contribution in [0.4, 0.5) is 4.79 Å². The molecule has 0 aliphatic heterocycles. The van der Waals surface area contributed by atoms with Crippen LogP contribution in [0, 0.1) is 11.8 Å². The zero-order chi connectivity index (χ0) is 32.6. The minimum Gasteiger partial charge on any atom is -0.489 e. The number of benzene rings is 3. The monoisotopic (exact) mass is 615 g/mol. The second kappa shape index (κ2) is 18.2. The molecule has 3 aromatic rings. The molecular formula is C36H45N3O6.